The Morgan fingerprint density at radius 1 is 1.18 bits per heavy atom. The van der Waals surface area contributed by atoms with Crippen LogP contribution in [0.4, 0.5) is 13.2 Å². The molecule has 3 rings (SSSR count). The van der Waals surface area contributed by atoms with Crippen molar-refractivity contribution in [2.24, 2.45) is 0 Å². The maximum atomic E-state index is 12.7. The van der Waals surface area contributed by atoms with E-state index in [1.807, 2.05) is 24.3 Å². The van der Waals surface area contributed by atoms with Crippen molar-refractivity contribution in [1.82, 2.24) is 10.2 Å². The average molecular weight is 394 g/mol. The van der Waals surface area contributed by atoms with Crippen LogP contribution in [0.25, 0.3) is 0 Å². The fourth-order valence-electron chi connectivity index (χ4n) is 3.19. The lowest BCUT2D eigenvalue weighted by molar-refractivity contribution is -0.138. The van der Waals surface area contributed by atoms with Gasteiger partial charge in [0.25, 0.3) is 5.91 Å². The van der Waals surface area contributed by atoms with Crippen molar-refractivity contribution < 1.29 is 27.4 Å². The third-order valence-corrected chi connectivity index (χ3v) is 4.61. The first kappa shape index (κ1) is 20.0. The zero-order valence-electron chi connectivity index (χ0n) is 15.3. The molecule has 1 unspecified atom stereocenters. The van der Waals surface area contributed by atoms with E-state index in [1.165, 1.54) is 12.1 Å². The van der Waals surface area contributed by atoms with Crippen molar-refractivity contribution in [3.63, 3.8) is 0 Å². The zero-order chi connectivity index (χ0) is 20.1. The van der Waals surface area contributed by atoms with Gasteiger partial charge in [-0.25, -0.2) is 0 Å². The molecule has 1 N–H and O–H groups in total. The van der Waals surface area contributed by atoms with Gasteiger partial charge >= 0.3 is 6.18 Å². The number of rotatable bonds is 5. The Morgan fingerprint density at radius 2 is 1.89 bits per heavy atom. The van der Waals surface area contributed by atoms with Crippen LogP contribution >= 0.6 is 0 Å². The fraction of sp³-hybridized carbons (Fsp3) is 0.350. The molecule has 1 heterocycles. The summed E-state index contributed by atoms with van der Waals surface area (Å²) in [5, 5.41) is 3.27. The molecule has 28 heavy (non-hydrogen) atoms. The van der Waals surface area contributed by atoms with E-state index < -0.39 is 11.7 Å². The van der Waals surface area contributed by atoms with Crippen molar-refractivity contribution in [3.8, 4) is 11.5 Å². The molecule has 1 amide bonds. The maximum Gasteiger partial charge on any atom is 0.416 e. The number of nitrogens with zero attached hydrogens (tertiary/aromatic N) is 1. The number of alkyl halides is 3. The number of halogens is 3. The quantitative estimate of drug-likeness (QED) is 0.846. The highest BCUT2D eigenvalue weighted by molar-refractivity contribution is 5.78. The summed E-state index contributed by atoms with van der Waals surface area (Å²) < 4.78 is 48.7. The van der Waals surface area contributed by atoms with Gasteiger partial charge in [0.05, 0.1) is 18.7 Å². The molecule has 1 fully saturated rings. The highest BCUT2D eigenvalue weighted by atomic mass is 19.4. The number of benzene rings is 2. The molecule has 2 aromatic rings. The molecule has 1 saturated heterocycles. The summed E-state index contributed by atoms with van der Waals surface area (Å²) in [4.78, 5) is 14.4. The highest BCUT2D eigenvalue weighted by Gasteiger charge is 2.31. The summed E-state index contributed by atoms with van der Waals surface area (Å²) in [7, 11) is 1.58. The van der Waals surface area contributed by atoms with E-state index in [1.54, 1.807) is 12.0 Å². The van der Waals surface area contributed by atoms with Gasteiger partial charge in [-0.2, -0.15) is 13.2 Å². The molecule has 1 aliphatic heterocycles. The van der Waals surface area contributed by atoms with Crippen molar-refractivity contribution in [1.29, 1.82) is 0 Å². The third-order valence-electron chi connectivity index (χ3n) is 4.61. The van der Waals surface area contributed by atoms with Gasteiger partial charge in [0.2, 0.25) is 0 Å². The number of hydrogen-bond donors (Lipinski definition) is 1. The molecule has 0 radical (unpaired) electrons. The zero-order valence-corrected chi connectivity index (χ0v) is 15.3. The molecule has 1 atom stereocenters. The van der Waals surface area contributed by atoms with Crippen LogP contribution in [0.5, 0.6) is 11.5 Å². The van der Waals surface area contributed by atoms with Gasteiger partial charge in [-0.3, -0.25) is 4.79 Å². The Bertz CT molecular complexity index is 809. The number of para-hydroxylation sites is 1. The summed E-state index contributed by atoms with van der Waals surface area (Å²) in [6.45, 7) is 1.47. The summed E-state index contributed by atoms with van der Waals surface area (Å²) >= 11 is 0. The van der Waals surface area contributed by atoms with Crippen molar-refractivity contribution in [3.05, 3.63) is 59.7 Å². The summed E-state index contributed by atoms with van der Waals surface area (Å²) in [5.74, 6) is 0.667. The van der Waals surface area contributed by atoms with E-state index >= 15 is 0 Å². The molecule has 2 aromatic carbocycles. The number of carbonyl (C=O) groups excluding carboxylic acids is 1. The molecule has 1 aliphatic rings. The molecule has 150 valence electrons. The Morgan fingerprint density at radius 3 is 2.57 bits per heavy atom. The van der Waals surface area contributed by atoms with E-state index in [2.05, 4.69) is 5.32 Å². The van der Waals surface area contributed by atoms with Crippen LogP contribution in [0.2, 0.25) is 0 Å². The summed E-state index contributed by atoms with van der Waals surface area (Å²) in [6, 6.07) is 11.6. The predicted octanol–water partition coefficient (Wildman–Crippen LogP) is 3.27. The second-order valence-corrected chi connectivity index (χ2v) is 6.36. The maximum absolute atomic E-state index is 12.7. The Kier molecular flexibility index (Phi) is 6.08. The minimum atomic E-state index is -4.41. The average Bonchev–Trinajstić information content (AvgIpc) is 2.71. The minimum Gasteiger partial charge on any atom is -0.496 e. The van der Waals surface area contributed by atoms with Crippen LogP contribution in [0.3, 0.4) is 0 Å². The lowest BCUT2D eigenvalue weighted by Crippen LogP contribution is -2.50. The van der Waals surface area contributed by atoms with E-state index in [0.29, 0.717) is 25.4 Å². The van der Waals surface area contributed by atoms with Gasteiger partial charge in [0, 0.05) is 25.2 Å². The molecule has 0 spiro atoms. The van der Waals surface area contributed by atoms with Gasteiger partial charge in [0.1, 0.15) is 11.5 Å². The summed E-state index contributed by atoms with van der Waals surface area (Å²) in [5.41, 5.74) is 0.129. The molecule has 0 bridgehead atoms. The van der Waals surface area contributed by atoms with Crippen molar-refractivity contribution in [2.45, 2.75) is 12.2 Å². The van der Waals surface area contributed by atoms with Gasteiger partial charge in [-0.05, 0) is 30.3 Å². The monoisotopic (exact) mass is 394 g/mol. The van der Waals surface area contributed by atoms with E-state index in [-0.39, 0.29) is 24.3 Å². The topological polar surface area (TPSA) is 50.8 Å². The molecule has 5 nitrogen and oxygen atoms in total. The predicted molar refractivity (Wildman–Crippen MR) is 97.3 cm³/mol. The third kappa shape index (κ3) is 4.56. The fourth-order valence-corrected chi connectivity index (χ4v) is 3.19. The lowest BCUT2D eigenvalue weighted by atomic mass is 10.0. The Hall–Kier alpha value is -2.74. The van der Waals surface area contributed by atoms with Gasteiger partial charge < -0.3 is 19.7 Å². The van der Waals surface area contributed by atoms with Crippen LogP contribution in [0.1, 0.15) is 17.2 Å². The highest BCUT2D eigenvalue weighted by Crippen LogP contribution is 2.31. The summed E-state index contributed by atoms with van der Waals surface area (Å²) in [6.07, 6.45) is -4.41. The van der Waals surface area contributed by atoms with Crippen LogP contribution in [-0.2, 0) is 11.0 Å². The number of carbonyl (C=O) groups is 1. The van der Waals surface area contributed by atoms with Gasteiger partial charge in [-0.1, -0.05) is 18.2 Å². The normalized spacial score (nSPS) is 17.3. The Balaban J connectivity index is 1.68. The van der Waals surface area contributed by atoms with Crippen LogP contribution < -0.4 is 14.8 Å². The van der Waals surface area contributed by atoms with Crippen LogP contribution in [0, 0.1) is 0 Å². The smallest absolute Gasteiger partial charge is 0.416 e. The van der Waals surface area contributed by atoms with Gasteiger partial charge in [0.15, 0.2) is 6.61 Å². The van der Waals surface area contributed by atoms with Crippen molar-refractivity contribution in [2.75, 3.05) is 33.4 Å². The second-order valence-electron chi connectivity index (χ2n) is 6.36. The SMILES string of the molecule is COc1ccccc1C1CNCCN1C(=O)COc1ccc(C(F)(F)F)cc1. The number of nitrogens with one attached hydrogen (secondary N) is 1. The minimum absolute atomic E-state index is 0.213. The van der Waals surface area contributed by atoms with Gasteiger partial charge in [-0.15, -0.1) is 0 Å². The first-order valence-corrected chi connectivity index (χ1v) is 8.83. The number of amides is 1. The van der Waals surface area contributed by atoms with Crippen LogP contribution in [-0.4, -0.2) is 44.2 Å². The van der Waals surface area contributed by atoms with Crippen molar-refractivity contribution >= 4 is 5.91 Å². The standard InChI is InChI=1S/C20H21F3N2O3/c1-27-18-5-3-2-4-16(18)17-12-24-10-11-25(17)19(26)13-28-15-8-6-14(7-9-15)20(21,22)23/h2-9,17,24H,10-13H2,1H3. The molecule has 0 aromatic heterocycles. The largest absolute Gasteiger partial charge is 0.496 e. The number of piperazine rings is 1. The molecular formula is C20H21F3N2O3. The van der Waals surface area contributed by atoms with E-state index in [4.69, 9.17) is 9.47 Å². The van der Waals surface area contributed by atoms with E-state index in [9.17, 15) is 18.0 Å². The van der Waals surface area contributed by atoms with Crippen LogP contribution in [0.15, 0.2) is 48.5 Å². The molecular weight excluding hydrogens is 373 g/mol. The molecule has 8 heteroatoms. The first-order chi connectivity index (χ1) is 13.4. The number of methoxy groups -OCH3 is 1. The number of ether oxygens (including phenoxy) is 2. The van der Waals surface area contributed by atoms with E-state index in [0.717, 1.165) is 17.7 Å². The molecule has 0 aliphatic carbocycles. The lowest BCUT2D eigenvalue weighted by Gasteiger charge is -2.37. The second kappa shape index (κ2) is 8.52. The first-order valence-electron chi connectivity index (χ1n) is 8.83. The number of hydrogen-bond acceptors (Lipinski definition) is 4. The molecule has 0 saturated carbocycles. The Labute approximate surface area is 161 Å².